The molecule has 0 aromatic heterocycles. The summed E-state index contributed by atoms with van der Waals surface area (Å²) in [5.41, 5.74) is 2.14. The SMILES string of the molecule is CCCCC1(C)CN(C(=O)Nc2ccc(Br)cc2)N=C1c1ccc(F)cc1. The maximum atomic E-state index is 13.3. The van der Waals surface area contributed by atoms with Crippen molar-refractivity contribution in [2.24, 2.45) is 10.5 Å². The highest BCUT2D eigenvalue weighted by atomic mass is 79.9. The van der Waals surface area contributed by atoms with Crippen molar-refractivity contribution in [1.82, 2.24) is 5.01 Å². The van der Waals surface area contributed by atoms with Crippen molar-refractivity contribution in [3.05, 3.63) is 64.4 Å². The van der Waals surface area contributed by atoms with Gasteiger partial charge in [-0.1, -0.05) is 54.8 Å². The second kappa shape index (κ2) is 8.21. The van der Waals surface area contributed by atoms with Crippen LogP contribution in [0.3, 0.4) is 0 Å². The molecule has 1 unspecified atom stereocenters. The van der Waals surface area contributed by atoms with Crippen LogP contribution in [0.4, 0.5) is 14.9 Å². The average Bonchev–Trinajstić information content (AvgIpc) is 3.01. The first-order valence-electron chi connectivity index (χ1n) is 9.10. The Morgan fingerprint density at radius 3 is 2.52 bits per heavy atom. The van der Waals surface area contributed by atoms with E-state index in [9.17, 15) is 9.18 Å². The molecule has 0 bridgehead atoms. The van der Waals surface area contributed by atoms with E-state index in [4.69, 9.17) is 0 Å². The van der Waals surface area contributed by atoms with Gasteiger partial charge in [-0.3, -0.25) is 0 Å². The Hall–Kier alpha value is -2.21. The van der Waals surface area contributed by atoms with Crippen LogP contribution in [0.2, 0.25) is 0 Å². The van der Waals surface area contributed by atoms with Crippen LogP contribution in [0.15, 0.2) is 58.1 Å². The Morgan fingerprint density at radius 2 is 1.89 bits per heavy atom. The van der Waals surface area contributed by atoms with Crippen LogP contribution < -0.4 is 5.32 Å². The molecule has 3 rings (SSSR count). The monoisotopic (exact) mass is 431 g/mol. The van der Waals surface area contributed by atoms with Crippen LogP contribution >= 0.6 is 15.9 Å². The third-order valence-corrected chi connectivity index (χ3v) is 5.35. The lowest BCUT2D eigenvalue weighted by molar-refractivity contribution is 0.206. The van der Waals surface area contributed by atoms with E-state index in [0.29, 0.717) is 12.2 Å². The fourth-order valence-electron chi connectivity index (χ4n) is 3.30. The summed E-state index contributed by atoms with van der Waals surface area (Å²) in [5.74, 6) is -0.280. The van der Waals surface area contributed by atoms with Gasteiger partial charge in [0.15, 0.2) is 0 Å². The molecule has 142 valence electrons. The van der Waals surface area contributed by atoms with E-state index < -0.39 is 0 Å². The lowest BCUT2D eigenvalue weighted by Gasteiger charge is -2.26. The molecule has 0 fully saturated rings. The molecule has 0 spiro atoms. The van der Waals surface area contributed by atoms with Crippen LogP contribution in [0, 0.1) is 11.2 Å². The van der Waals surface area contributed by atoms with Gasteiger partial charge in [0.25, 0.3) is 0 Å². The number of hydrogen-bond donors (Lipinski definition) is 1. The standard InChI is InChI=1S/C21H23BrFN3O/c1-3-4-13-21(2)14-26(20(27)24-18-11-7-16(22)8-12-18)25-19(21)15-5-9-17(23)10-6-15/h5-12H,3-4,13-14H2,1-2H3,(H,24,27). The highest BCUT2D eigenvalue weighted by Crippen LogP contribution is 2.36. The van der Waals surface area contributed by atoms with E-state index >= 15 is 0 Å². The summed E-state index contributed by atoms with van der Waals surface area (Å²) < 4.78 is 14.3. The number of hydrazone groups is 1. The predicted octanol–water partition coefficient (Wildman–Crippen LogP) is 6.04. The molecule has 1 atom stereocenters. The molecule has 1 heterocycles. The van der Waals surface area contributed by atoms with Gasteiger partial charge < -0.3 is 5.32 Å². The Kier molecular flexibility index (Phi) is 5.95. The van der Waals surface area contributed by atoms with Gasteiger partial charge >= 0.3 is 6.03 Å². The Bertz CT molecular complexity index is 836. The highest BCUT2D eigenvalue weighted by molar-refractivity contribution is 9.10. The summed E-state index contributed by atoms with van der Waals surface area (Å²) >= 11 is 3.38. The molecule has 0 radical (unpaired) electrons. The van der Waals surface area contributed by atoms with Crippen molar-refractivity contribution < 1.29 is 9.18 Å². The number of hydrogen-bond acceptors (Lipinski definition) is 2. The first-order valence-corrected chi connectivity index (χ1v) is 9.90. The number of nitrogens with one attached hydrogen (secondary N) is 1. The fraction of sp³-hybridized carbons (Fsp3) is 0.333. The molecule has 2 amide bonds. The third kappa shape index (κ3) is 4.56. The van der Waals surface area contributed by atoms with Gasteiger partial charge in [-0.15, -0.1) is 0 Å². The van der Waals surface area contributed by atoms with Gasteiger partial charge in [-0.25, -0.2) is 14.2 Å². The summed E-state index contributed by atoms with van der Waals surface area (Å²) in [7, 11) is 0. The summed E-state index contributed by atoms with van der Waals surface area (Å²) in [5, 5.41) is 8.98. The normalized spacial score (nSPS) is 19.1. The van der Waals surface area contributed by atoms with E-state index in [2.05, 4.69) is 40.2 Å². The molecule has 0 saturated heterocycles. The van der Waals surface area contributed by atoms with Crippen LogP contribution in [0.5, 0.6) is 0 Å². The smallest absolute Gasteiger partial charge is 0.306 e. The van der Waals surface area contributed by atoms with Crippen LogP contribution in [-0.2, 0) is 0 Å². The lowest BCUT2D eigenvalue weighted by Crippen LogP contribution is -2.35. The Labute approximate surface area is 167 Å². The zero-order chi connectivity index (χ0) is 19.4. The van der Waals surface area contributed by atoms with Crippen LogP contribution in [-0.4, -0.2) is 23.3 Å². The molecule has 0 saturated carbocycles. The maximum absolute atomic E-state index is 13.3. The van der Waals surface area contributed by atoms with E-state index in [1.54, 1.807) is 12.1 Å². The van der Waals surface area contributed by atoms with E-state index in [1.165, 1.54) is 17.1 Å². The molecule has 1 aliphatic rings. The summed E-state index contributed by atoms with van der Waals surface area (Å²) in [6.07, 6.45) is 3.03. The third-order valence-electron chi connectivity index (χ3n) is 4.82. The zero-order valence-corrected chi connectivity index (χ0v) is 17.1. The number of unbranched alkanes of at least 4 members (excludes halogenated alkanes) is 1. The molecule has 1 aliphatic heterocycles. The van der Waals surface area contributed by atoms with E-state index in [0.717, 1.165) is 35.0 Å². The van der Waals surface area contributed by atoms with Gasteiger partial charge in [0.2, 0.25) is 0 Å². The number of nitrogens with zero attached hydrogens (tertiary/aromatic N) is 2. The summed E-state index contributed by atoms with van der Waals surface area (Å²) in [4.78, 5) is 12.7. The molecular weight excluding hydrogens is 409 g/mol. The first-order chi connectivity index (χ1) is 12.9. The number of halogens is 2. The van der Waals surface area contributed by atoms with Crippen molar-refractivity contribution in [3.63, 3.8) is 0 Å². The first kappa shape index (κ1) is 19.5. The number of urea groups is 1. The van der Waals surface area contributed by atoms with Crippen molar-refractivity contribution in [3.8, 4) is 0 Å². The number of benzene rings is 2. The molecule has 27 heavy (non-hydrogen) atoms. The summed E-state index contributed by atoms with van der Waals surface area (Å²) in [6.45, 7) is 4.77. The predicted molar refractivity (Wildman–Crippen MR) is 110 cm³/mol. The zero-order valence-electron chi connectivity index (χ0n) is 15.5. The number of anilines is 1. The number of carbonyl (C=O) groups excluding carboxylic acids is 1. The van der Waals surface area contributed by atoms with Gasteiger partial charge in [0, 0.05) is 15.6 Å². The minimum Gasteiger partial charge on any atom is -0.306 e. The maximum Gasteiger partial charge on any atom is 0.342 e. The summed E-state index contributed by atoms with van der Waals surface area (Å²) in [6, 6.07) is 13.5. The van der Waals surface area contributed by atoms with Gasteiger partial charge in [-0.05, 0) is 48.4 Å². The second-order valence-electron chi connectivity index (χ2n) is 7.11. The van der Waals surface area contributed by atoms with Gasteiger partial charge in [0.1, 0.15) is 5.82 Å². The van der Waals surface area contributed by atoms with Crippen molar-refractivity contribution >= 4 is 33.4 Å². The number of rotatable bonds is 5. The largest absolute Gasteiger partial charge is 0.342 e. The number of amides is 2. The van der Waals surface area contributed by atoms with Gasteiger partial charge in [-0.2, -0.15) is 5.10 Å². The fourth-order valence-corrected chi connectivity index (χ4v) is 3.56. The lowest BCUT2D eigenvalue weighted by atomic mass is 9.78. The second-order valence-corrected chi connectivity index (χ2v) is 8.03. The molecule has 2 aromatic rings. The molecule has 4 nitrogen and oxygen atoms in total. The van der Waals surface area contributed by atoms with E-state index in [1.807, 2.05) is 24.3 Å². The molecule has 0 aliphatic carbocycles. The average molecular weight is 432 g/mol. The minimum absolute atomic E-state index is 0.259. The number of carbonyl (C=O) groups is 1. The van der Waals surface area contributed by atoms with Gasteiger partial charge in [0.05, 0.1) is 12.3 Å². The van der Waals surface area contributed by atoms with Crippen LogP contribution in [0.1, 0.15) is 38.7 Å². The highest BCUT2D eigenvalue weighted by Gasteiger charge is 2.40. The van der Waals surface area contributed by atoms with Crippen LogP contribution in [0.25, 0.3) is 0 Å². The molecule has 6 heteroatoms. The quantitative estimate of drug-likeness (QED) is 0.616. The molecule has 1 N–H and O–H groups in total. The molecule has 2 aromatic carbocycles. The molecular formula is C21H23BrFN3O. The van der Waals surface area contributed by atoms with E-state index in [-0.39, 0.29) is 17.3 Å². The Balaban J connectivity index is 1.84. The minimum atomic E-state index is -0.280. The van der Waals surface area contributed by atoms with Crippen molar-refractivity contribution in [2.75, 3.05) is 11.9 Å². The topological polar surface area (TPSA) is 44.7 Å². The van der Waals surface area contributed by atoms with Crippen molar-refractivity contribution in [2.45, 2.75) is 33.1 Å². The van der Waals surface area contributed by atoms with Crippen molar-refractivity contribution in [1.29, 1.82) is 0 Å². The Morgan fingerprint density at radius 1 is 1.22 bits per heavy atom.